The summed E-state index contributed by atoms with van der Waals surface area (Å²) < 4.78 is 48.5. The van der Waals surface area contributed by atoms with Crippen LogP contribution in [0.3, 0.4) is 0 Å². The molecule has 0 saturated carbocycles. The first-order chi connectivity index (χ1) is 26.1. The van der Waals surface area contributed by atoms with E-state index < -0.39 is 24.0 Å². The number of nitrogens with one attached hydrogen (secondary N) is 2. The highest BCUT2D eigenvalue weighted by atomic mass is 32.2. The molecule has 2 aliphatic rings. The molecular formula is C41H51N7O5SSi. The second-order valence-electron chi connectivity index (χ2n) is 16.0. The van der Waals surface area contributed by atoms with Gasteiger partial charge in [0, 0.05) is 55.0 Å². The van der Waals surface area contributed by atoms with Crippen molar-refractivity contribution in [3.63, 3.8) is 0 Å². The number of nitrogens with zero attached hydrogens (tertiary/aromatic N) is 4. The normalized spacial score (nSPS) is 19.8. The van der Waals surface area contributed by atoms with Crippen LogP contribution in [0.4, 0.5) is 5.82 Å². The maximum absolute atomic E-state index is 14.4. The van der Waals surface area contributed by atoms with Crippen LogP contribution in [0.5, 0.6) is 5.75 Å². The molecule has 0 spiro atoms. The zero-order chi connectivity index (χ0) is 39.0. The van der Waals surface area contributed by atoms with Gasteiger partial charge in [-0.25, -0.2) is 12.4 Å². The van der Waals surface area contributed by atoms with Gasteiger partial charge in [0.05, 0.1) is 30.7 Å². The molecular weight excluding hydrogens is 731 g/mol. The molecule has 2 aromatic carbocycles. The number of hydrogen-bond acceptors (Lipinski definition) is 9. The number of guanidine groups is 1. The van der Waals surface area contributed by atoms with E-state index in [0.717, 1.165) is 46.9 Å². The molecule has 12 nitrogen and oxygen atoms in total. The Bertz CT molecular complexity index is 2320. The fourth-order valence-electron chi connectivity index (χ4n) is 6.83. The number of aromatic nitrogens is 3. The van der Waals surface area contributed by atoms with Gasteiger partial charge in [0.1, 0.15) is 17.2 Å². The molecule has 7 rings (SSSR count). The van der Waals surface area contributed by atoms with E-state index in [4.69, 9.17) is 19.6 Å². The summed E-state index contributed by atoms with van der Waals surface area (Å²) in [5.41, 5.74) is 11.4. The number of hydrogen-bond donors (Lipinski definition) is 3. The Hall–Kier alpha value is -4.60. The molecule has 5 heterocycles. The van der Waals surface area contributed by atoms with Crippen molar-refractivity contribution < 1.29 is 22.3 Å². The molecule has 14 heteroatoms. The minimum atomic E-state index is -3.96. The molecule has 290 valence electrons. The Balaban J connectivity index is 1.32. The number of aliphatic imine (C=N–C) groups is 1. The monoisotopic (exact) mass is 781 g/mol. The zero-order valence-corrected chi connectivity index (χ0v) is 34.2. The van der Waals surface area contributed by atoms with Crippen LogP contribution in [0.1, 0.15) is 62.3 Å². The molecule has 0 amide bonds. The van der Waals surface area contributed by atoms with Gasteiger partial charge in [-0.1, -0.05) is 63.2 Å². The van der Waals surface area contributed by atoms with Crippen molar-refractivity contribution in [2.24, 2.45) is 10.7 Å². The predicted molar refractivity (Wildman–Crippen MR) is 220 cm³/mol. The van der Waals surface area contributed by atoms with Crippen LogP contribution in [-0.2, 0) is 43.6 Å². The fourth-order valence-corrected chi connectivity index (χ4v) is 9.22. The van der Waals surface area contributed by atoms with Crippen molar-refractivity contribution >= 4 is 41.0 Å². The van der Waals surface area contributed by atoms with Crippen LogP contribution in [0, 0.1) is 0 Å². The Kier molecular flexibility index (Phi) is 10.6. The van der Waals surface area contributed by atoms with Gasteiger partial charge in [-0.3, -0.25) is 15.0 Å². The van der Waals surface area contributed by atoms with Crippen molar-refractivity contribution in [1.82, 2.24) is 19.3 Å². The zero-order valence-electron chi connectivity index (χ0n) is 32.4. The number of nitrogens with two attached hydrogens (primary N) is 1. The molecule has 1 fully saturated rings. The van der Waals surface area contributed by atoms with Crippen LogP contribution in [0.15, 0.2) is 90.4 Å². The van der Waals surface area contributed by atoms with Crippen molar-refractivity contribution in [2.75, 3.05) is 19.0 Å². The smallest absolute Gasteiger partial charge is 0.244 e. The lowest BCUT2D eigenvalue weighted by atomic mass is 9.87. The fraction of sp³-hybridized carbons (Fsp3) is 0.390. The quantitative estimate of drug-likeness (QED) is 0.117. The maximum atomic E-state index is 14.4. The highest BCUT2D eigenvalue weighted by Crippen LogP contribution is 2.43. The van der Waals surface area contributed by atoms with Crippen molar-refractivity contribution in [3.05, 3.63) is 108 Å². The van der Waals surface area contributed by atoms with Gasteiger partial charge in [-0.2, -0.15) is 0 Å². The summed E-state index contributed by atoms with van der Waals surface area (Å²) in [5, 5.41) is 7.55. The SMILES string of the molecule is CN=C1Nc2c(c(-c3ccc4ncc(OC5CCCCO5)cc4c3)cn2S(=O)(=O)Cc2ccccc2)C(N)(Cc2cncc(CO[Si](C)(C)C(C)(C)C)c2)N1. The van der Waals surface area contributed by atoms with E-state index in [1.54, 1.807) is 37.8 Å². The minimum Gasteiger partial charge on any atom is -0.463 e. The van der Waals surface area contributed by atoms with Gasteiger partial charge in [-0.15, -0.1) is 0 Å². The molecule has 2 aliphatic heterocycles. The first-order valence-corrected chi connectivity index (χ1v) is 23.2. The molecule has 3 aromatic heterocycles. The molecule has 0 bridgehead atoms. The minimum absolute atomic E-state index is 0.0618. The van der Waals surface area contributed by atoms with Crippen LogP contribution in [0.25, 0.3) is 22.0 Å². The number of benzene rings is 2. The first-order valence-electron chi connectivity index (χ1n) is 18.7. The average Bonchev–Trinajstić information content (AvgIpc) is 3.56. The number of rotatable bonds is 11. The van der Waals surface area contributed by atoms with Crippen molar-refractivity contribution in [1.29, 1.82) is 0 Å². The Morgan fingerprint density at radius 3 is 2.55 bits per heavy atom. The first kappa shape index (κ1) is 38.7. The summed E-state index contributed by atoms with van der Waals surface area (Å²) in [7, 11) is -4.34. The molecule has 5 aromatic rings. The molecule has 2 unspecified atom stereocenters. The second-order valence-corrected chi connectivity index (χ2v) is 22.7. The summed E-state index contributed by atoms with van der Waals surface area (Å²) in [5.74, 6) is 1.05. The second kappa shape index (κ2) is 15.1. The third kappa shape index (κ3) is 8.33. The van der Waals surface area contributed by atoms with Crippen LogP contribution in [0.2, 0.25) is 18.1 Å². The van der Waals surface area contributed by atoms with E-state index in [1.807, 2.05) is 48.7 Å². The maximum Gasteiger partial charge on any atom is 0.244 e. The largest absolute Gasteiger partial charge is 0.463 e. The van der Waals surface area contributed by atoms with E-state index in [0.29, 0.717) is 47.4 Å². The lowest BCUT2D eigenvalue weighted by Crippen LogP contribution is -2.59. The summed E-state index contributed by atoms with van der Waals surface area (Å²) in [6, 6.07) is 19.0. The van der Waals surface area contributed by atoms with E-state index in [2.05, 4.69) is 65.5 Å². The van der Waals surface area contributed by atoms with Gasteiger partial charge in [0.25, 0.3) is 0 Å². The molecule has 2 atom stereocenters. The number of pyridine rings is 2. The van der Waals surface area contributed by atoms with E-state index >= 15 is 0 Å². The average molecular weight is 782 g/mol. The highest BCUT2D eigenvalue weighted by Gasteiger charge is 2.42. The third-order valence-electron chi connectivity index (χ3n) is 10.8. The third-order valence-corrected chi connectivity index (χ3v) is 16.9. The van der Waals surface area contributed by atoms with Crippen molar-refractivity contribution in [2.45, 2.75) is 88.9 Å². The summed E-state index contributed by atoms with van der Waals surface area (Å²) in [6.45, 7) is 12.2. The van der Waals surface area contributed by atoms with E-state index in [9.17, 15) is 8.42 Å². The summed E-state index contributed by atoms with van der Waals surface area (Å²) >= 11 is 0. The Morgan fingerprint density at radius 1 is 1.04 bits per heavy atom. The Labute approximate surface area is 324 Å². The highest BCUT2D eigenvalue weighted by molar-refractivity contribution is 7.89. The lowest BCUT2D eigenvalue weighted by Gasteiger charge is -2.38. The summed E-state index contributed by atoms with van der Waals surface area (Å²) in [4.78, 5) is 13.6. The molecule has 0 aliphatic carbocycles. The van der Waals surface area contributed by atoms with Gasteiger partial charge in [0.2, 0.25) is 10.0 Å². The topological polar surface area (TPSA) is 155 Å². The standard InChI is InChI=1S/C41H51N7O5SSi/c1-40(2,3)55(5,6)52-26-30-18-29(22-44-23-30)21-41(42)37-34(31-15-16-35-32(19-31)20-33(24-45-35)53-36-14-10-11-17-51-36)25-48(38(37)46-39(43-4)47-41)54(49,50)27-28-12-8-7-9-13-28/h7-9,12-13,15-16,18-20,22-25,36H,10-11,14,17,21,26-27,42H2,1-6H3,(H2,43,46,47). The molecule has 1 saturated heterocycles. The summed E-state index contributed by atoms with van der Waals surface area (Å²) in [6.07, 6.45) is 9.81. The van der Waals surface area contributed by atoms with Gasteiger partial charge < -0.3 is 30.3 Å². The number of fused-ring (bicyclic) bond motifs is 2. The number of anilines is 1. The predicted octanol–water partition coefficient (Wildman–Crippen LogP) is 7.26. The van der Waals surface area contributed by atoms with Gasteiger partial charge in [-0.05, 0) is 71.4 Å². The van der Waals surface area contributed by atoms with Crippen LogP contribution < -0.4 is 21.1 Å². The molecule has 55 heavy (non-hydrogen) atoms. The Morgan fingerprint density at radius 2 is 1.82 bits per heavy atom. The molecule has 4 N–H and O–H groups in total. The van der Waals surface area contributed by atoms with E-state index in [-0.39, 0.29) is 23.5 Å². The van der Waals surface area contributed by atoms with Crippen molar-refractivity contribution in [3.8, 4) is 16.9 Å². The van der Waals surface area contributed by atoms with Crippen LogP contribution in [-0.4, -0.2) is 56.6 Å². The molecule has 0 radical (unpaired) electrons. The van der Waals surface area contributed by atoms with Gasteiger partial charge >= 0.3 is 0 Å². The van der Waals surface area contributed by atoms with Gasteiger partial charge in [0.15, 0.2) is 20.6 Å². The van der Waals surface area contributed by atoms with E-state index in [1.165, 1.54) is 3.97 Å². The lowest BCUT2D eigenvalue weighted by molar-refractivity contribution is -0.106. The van der Waals surface area contributed by atoms with Crippen LogP contribution >= 0.6 is 0 Å². The number of ether oxygens (including phenoxy) is 2.